The Balaban J connectivity index is 1.31. The van der Waals surface area contributed by atoms with E-state index < -0.39 is 11.7 Å². The average molecular weight is 449 g/mol. The summed E-state index contributed by atoms with van der Waals surface area (Å²) >= 11 is 0. The zero-order valence-corrected chi connectivity index (χ0v) is 17.8. The number of alkyl halides is 3. The highest BCUT2D eigenvalue weighted by Gasteiger charge is 2.33. The lowest BCUT2D eigenvalue weighted by Crippen LogP contribution is -2.52. The molecule has 0 aromatic heterocycles. The largest absolute Gasteiger partial charge is 0.416 e. The number of carbonyl (C=O) groups is 1. The van der Waals surface area contributed by atoms with Gasteiger partial charge in [-0.25, -0.2) is 4.39 Å². The van der Waals surface area contributed by atoms with Gasteiger partial charge in [-0.1, -0.05) is 18.2 Å². The van der Waals surface area contributed by atoms with E-state index in [0.29, 0.717) is 45.0 Å². The van der Waals surface area contributed by atoms with Gasteiger partial charge in [-0.15, -0.1) is 0 Å². The van der Waals surface area contributed by atoms with Crippen LogP contribution in [0.3, 0.4) is 0 Å². The fourth-order valence-electron chi connectivity index (χ4n) is 4.57. The van der Waals surface area contributed by atoms with E-state index in [2.05, 4.69) is 4.90 Å². The molecule has 0 aliphatic carbocycles. The molecular weight excluding hydrogens is 422 g/mol. The first-order valence-electron chi connectivity index (χ1n) is 11.0. The van der Waals surface area contributed by atoms with Gasteiger partial charge in [-0.2, -0.15) is 13.2 Å². The van der Waals surface area contributed by atoms with Gasteiger partial charge in [0.25, 0.3) is 0 Å². The molecule has 4 nitrogen and oxygen atoms in total. The summed E-state index contributed by atoms with van der Waals surface area (Å²) in [6.45, 7) is 4.30. The van der Waals surface area contributed by atoms with Crippen molar-refractivity contribution in [2.45, 2.75) is 25.6 Å². The van der Waals surface area contributed by atoms with Crippen molar-refractivity contribution in [1.82, 2.24) is 9.80 Å². The second kappa shape index (κ2) is 9.48. The summed E-state index contributed by atoms with van der Waals surface area (Å²) in [7, 11) is 0. The molecule has 0 N–H and O–H groups in total. The van der Waals surface area contributed by atoms with E-state index in [9.17, 15) is 22.4 Å². The molecule has 32 heavy (non-hydrogen) atoms. The van der Waals surface area contributed by atoms with Crippen molar-refractivity contribution >= 4 is 11.6 Å². The maximum absolute atomic E-state index is 13.1. The van der Waals surface area contributed by atoms with Crippen molar-refractivity contribution < 1.29 is 22.4 Å². The van der Waals surface area contributed by atoms with Crippen molar-refractivity contribution in [1.29, 1.82) is 0 Å². The van der Waals surface area contributed by atoms with Gasteiger partial charge in [0.15, 0.2) is 0 Å². The van der Waals surface area contributed by atoms with Crippen LogP contribution in [0.4, 0.5) is 23.2 Å². The average Bonchev–Trinajstić information content (AvgIpc) is 2.80. The number of nitrogens with zero attached hydrogens (tertiary/aromatic N) is 3. The Labute approximate surface area is 185 Å². The summed E-state index contributed by atoms with van der Waals surface area (Å²) in [5.41, 5.74) is 0.904. The van der Waals surface area contributed by atoms with Gasteiger partial charge in [0.2, 0.25) is 5.91 Å². The number of benzene rings is 2. The van der Waals surface area contributed by atoms with Crippen LogP contribution in [0.2, 0.25) is 0 Å². The topological polar surface area (TPSA) is 26.8 Å². The minimum absolute atomic E-state index is 0.0793. The summed E-state index contributed by atoms with van der Waals surface area (Å²) in [5, 5.41) is 0. The monoisotopic (exact) mass is 449 g/mol. The van der Waals surface area contributed by atoms with E-state index in [-0.39, 0.29) is 17.6 Å². The van der Waals surface area contributed by atoms with E-state index in [1.807, 2.05) is 9.80 Å². The molecule has 2 heterocycles. The number of hydrogen-bond donors (Lipinski definition) is 0. The van der Waals surface area contributed by atoms with Crippen LogP contribution in [0.5, 0.6) is 0 Å². The van der Waals surface area contributed by atoms with Crippen LogP contribution in [0.1, 0.15) is 24.0 Å². The molecule has 2 fully saturated rings. The first-order valence-corrected chi connectivity index (χ1v) is 11.0. The Morgan fingerprint density at radius 2 is 1.69 bits per heavy atom. The normalized spacial score (nSPS) is 20.4. The summed E-state index contributed by atoms with van der Waals surface area (Å²) in [6.07, 6.45) is -2.59. The third-order valence-electron chi connectivity index (χ3n) is 6.30. The van der Waals surface area contributed by atoms with Crippen molar-refractivity contribution in [2.24, 2.45) is 5.92 Å². The van der Waals surface area contributed by atoms with E-state index in [0.717, 1.165) is 31.0 Å². The lowest BCUT2D eigenvalue weighted by Gasteiger charge is -2.40. The number of likely N-dealkylation sites (tertiary alicyclic amines) is 1. The lowest BCUT2D eigenvalue weighted by atomic mass is 9.95. The minimum Gasteiger partial charge on any atom is -0.368 e. The van der Waals surface area contributed by atoms with Gasteiger partial charge in [-0.05, 0) is 55.3 Å². The number of piperazine rings is 1. The number of hydrogen-bond acceptors (Lipinski definition) is 3. The van der Waals surface area contributed by atoms with Gasteiger partial charge in [0, 0.05) is 45.0 Å². The Hall–Kier alpha value is -2.61. The molecule has 2 saturated heterocycles. The molecule has 0 bridgehead atoms. The van der Waals surface area contributed by atoms with Gasteiger partial charge >= 0.3 is 6.18 Å². The molecule has 2 aliphatic rings. The summed E-state index contributed by atoms with van der Waals surface area (Å²) in [5.74, 6) is -0.216. The predicted molar refractivity (Wildman–Crippen MR) is 115 cm³/mol. The maximum Gasteiger partial charge on any atom is 0.416 e. The highest BCUT2D eigenvalue weighted by molar-refractivity contribution is 5.79. The van der Waals surface area contributed by atoms with Crippen molar-refractivity contribution in [3.05, 3.63) is 65.5 Å². The number of carbonyl (C=O) groups excluding carboxylic acids is 1. The minimum atomic E-state index is -4.37. The van der Waals surface area contributed by atoms with Crippen LogP contribution in [-0.2, 0) is 17.5 Å². The zero-order valence-electron chi connectivity index (χ0n) is 17.8. The predicted octanol–water partition coefficient (Wildman–Crippen LogP) is 4.41. The Kier molecular flexibility index (Phi) is 6.69. The maximum atomic E-state index is 13.1. The third-order valence-corrected chi connectivity index (χ3v) is 6.30. The van der Waals surface area contributed by atoms with E-state index in [1.165, 1.54) is 24.3 Å². The second-order valence-electron chi connectivity index (χ2n) is 8.56. The first kappa shape index (κ1) is 22.6. The van der Waals surface area contributed by atoms with Gasteiger partial charge < -0.3 is 9.80 Å². The fourth-order valence-corrected chi connectivity index (χ4v) is 4.57. The molecule has 2 aromatic carbocycles. The molecule has 1 amide bonds. The highest BCUT2D eigenvalue weighted by Crippen LogP contribution is 2.32. The number of anilines is 1. The number of piperidine rings is 1. The highest BCUT2D eigenvalue weighted by atomic mass is 19.4. The molecule has 0 unspecified atom stereocenters. The zero-order chi connectivity index (χ0) is 22.7. The summed E-state index contributed by atoms with van der Waals surface area (Å²) in [6, 6.07) is 11.8. The smallest absolute Gasteiger partial charge is 0.368 e. The van der Waals surface area contributed by atoms with Crippen molar-refractivity contribution in [3.63, 3.8) is 0 Å². The van der Waals surface area contributed by atoms with Crippen LogP contribution in [0.25, 0.3) is 0 Å². The summed E-state index contributed by atoms with van der Waals surface area (Å²) < 4.78 is 52.1. The van der Waals surface area contributed by atoms with E-state index in [4.69, 9.17) is 0 Å². The van der Waals surface area contributed by atoms with Crippen LogP contribution in [0, 0.1) is 11.7 Å². The molecule has 0 saturated carbocycles. The fraction of sp³-hybridized carbons (Fsp3) is 0.458. The Morgan fingerprint density at radius 3 is 2.38 bits per heavy atom. The molecule has 2 aromatic rings. The molecule has 4 rings (SSSR count). The Morgan fingerprint density at radius 1 is 0.969 bits per heavy atom. The number of amides is 1. The molecule has 0 radical (unpaired) electrons. The van der Waals surface area contributed by atoms with Crippen molar-refractivity contribution in [2.75, 3.05) is 44.2 Å². The van der Waals surface area contributed by atoms with Gasteiger partial charge in [0.1, 0.15) is 5.82 Å². The van der Waals surface area contributed by atoms with Crippen LogP contribution in [-0.4, -0.2) is 55.0 Å². The molecule has 1 atom stereocenters. The molecular formula is C24H27F4N3O. The van der Waals surface area contributed by atoms with Crippen molar-refractivity contribution in [3.8, 4) is 0 Å². The third kappa shape index (κ3) is 5.41. The van der Waals surface area contributed by atoms with E-state index in [1.54, 1.807) is 18.2 Å². The quantitative estimate of drug-likeness (QED) is 0.648. The number of halogens is 4. The van der Waals surface area contributed by atoms with E-state index >= 15 is 0 Å². The second-order valence-corrected chi connectivity index (χ2v) is 8.56. The van der Waals surface area contributed by atoms with Crippen LogP contribution < -0.4 is 4.90 Å². The van der Waals surface area contributed by atoms with Gasteiger partial charge in [0.05, 0.1) is 11.5 Å². The standard InChI is InChI=1S/C24H27F4N3O/c25-21-8-6-18(7-9-21)16-29-10-2-3-19(17-29)23(32)31-13-11-30(12-14-31)22-5-1-4-20(15-22)24(26,27)28/h1,4-9,15,19H,2-3,10-14,16-17H2/t19-/m1/s1. The SMILES string of the molecule is O=C([C@@H]1CCCN(Cc2ccc(F)cc2)C1)N1CCN(c2cccc(C(F)(F)F)c2)CC1. The molecule has 0 spiro atoms. The molecule has 172 valence electrons. The van der Waals surface area contributed by atoms with Gasteiger partial charge in [-0.3, -0.25) is 9.69 Å². The number of rotatable bonds is 4. The Bertz CT molecular complexity index is 924. The summed E-state index contributed by atoms with van der Waals surface area (Å²) in [4.78, 5) is 19.1. The first-order chi connectivity index (χ1) is 15.3. The molecule has 2 aliphatic heterocycles. The van der Waals surface area contributed by atoms with Crippen LogP contribution >= 0.6 is 0 Å². The lowest BCUT2D eigenvalue weighted by molar-refractivity contribution is -0.138. The van der Waals surface area contributed by atoms with Crippen LogP contribution in [0.15, 0.2) is 48.5 Å². The molecule has 8 heteroatoms.